The van der Waals surface area contributed by atoms with Crippen LogP contribution in [0.2, 0.25) is 0 Å². The Balaban J connectivity index is 1.84. The first-order valence-electron chi connectivity index (χ1n) is 6.85. The number of esters is 1. The first kappa shape index (κ1) is 14.6. The Hall–Kier alpha value is -1.28. The van der Waals surface area contributed by atoms with Gasteiger partial charge in [0, 0.05) is 25.6 Å². The van der Waals surface area contributed by atoms with E-state index in [4.69, 9.17) is 14.2 Å². The predicted octanol–water partition coefficient (Wildman–Crippen LogP) is 2.33. The van der Waals surface area contributed by atoms with Crippen LogP contribution in [-0.2, 0) is 16.0 Å². The van der Waals surface area contributed by atoms with E-state index >= 15 is 0 Å². The molecule has 1 aromatic carbocycles. The minimum absolute atomic E-state index is 0.326. The Kier molecular flexibility index (Phi) is 4.34. The van der Waals surface area contributed by atoms with Crippen LogP contribution in [0, 0.1) is 3.57 Å². The van der Waals surface area contributed by atoms with Crippen LogP contribution in [0.15, 0.2) is 24.1 Å². The van der Waals surface area contributed by atoms with E-state index in [1.807, 2.05) is 12.1 Å². The number of halogens is 1. The minimum Gasteiger partial charge on any atom is -0.440 e. The number of hydrogen-bond donors (Lipinski definition) is 0. The van der Waals surface area contributed by atoms with E-state index in [1.165, 1.54) is 6.92 Å². The molecular formula is C15H16INO4. The molecule has 2 heterocycles. The average molecular weight is 401 g/mol. The lowest BCUT2D eigenvalue weighted by Gasteiger charge is -2.32. The summed E-state index contributed by atoms with van der Waals surface area (Å²) in [5, 5.41) is 0. The molecule has 0 aliphatic carbocycles. The van der Waals surface area contributed by atoms with Gasteiger partial charge in [-0.3, -0.25) is 4.79 Å². The van der Waals surface area contributed by atoms with E-state index in [9.17, 15) is 4.79 Å². The van der Waals surface area contributed by atoms with Crippen LogP contribution in [-0.4, -0.2) is 37.2 Å². The standard InChI is InChI=1S/C15H16INO4/c1-10(18)20-12-4-2-11-3-5-13(21-15(11)14(12)16)17-6-8-19-9-7-17/h2,4-5H,3,6-9H2,1H3. The van der Waals surface area contributed by atoms with Gasteiger partial charge in [-0.25, -0.2) is 0 Å². The van der Waals surface area contributed by atoms with Crippen molar-refractivity contribution in [3.63, 3.8) is 0 Å². The molecule has 5 nitrogen and oxygen atoms in total. The van der Waals surface area contributed by atoms with Crippen molar-refractivity contribution >= 4 is 28.6 Å². The van der Waals surface area contributed by atoms with E-state index in [1.54, 1.807) is 0 Å². The lowest BCUT2D eigenvalue weighted by atomic mass is 10.1. The van der Waals surface area contributed by atoms with E-state index in [2.05, 4.69) is 33.6 Å². The molecule has 2 aliphatic heterocycles. The summed E-state index contributed by atoms with van der Waals surface area (Å²) in [4.78, 5) is 13.3. The number of carbonyl (C=O) groups excluding carboxylic acids is 1. The van der Waals surface area contributed by atoms with Crippen LogP contribution in [0.3, 0.4) is 0 Å². The molecule has 2 aliphatic rings. The van der Waals surface area contributed by atoms with Gasteiger partial charge in [0.1, 0.15) is 11.5 Å². The van der Waals surface area contributed by atoms with Gasteiger partial charge in [-0.05, 0) is 41.2 Å². The number of benzene rings is 1. The molecule has 0 atom stereocenters. The van der Waals surface area contributed by atoms with E-state index in [-0.39, 0.29) is 5.97 Å². The maximum atomic E-state index is 11.1. The van der Waals surface area contributed by atoms with Crippen LogP contribution < -0.4 is 9.47 Å². The van der Waals surface area contributed by atoms with Crippen LogP contribution in [0.5, 0.6) is 11.5 Å². The third kappa shape index (κ3) is 3.16. The molecular weight excluding hydrogens is 385 g/mol. The first-order chi connectivity index (χ1) is 10.1. The Morgan fingerprint density at radius 3 is 2.81 bits per heavy atom. The molecule has 3 rings (SSSR count). The Morgan fingerprint density at radius 1 is 1.33 bits per heavy atom. The van der Waals surface area contributed by atoms with Gasteiger partial charge in [0.05, 0.1) is 16.8 Å². The fourth-order valence-corrected chi connectivity index (χ4v) is 3.15. The summed E-state index contributed by atoms with van der Waals surface area (Å²) in [5.74, 6) is 1.87. The summed E-state index contributed by atoms with van der Waals surface area (Å²) in [6.45, 7) is 4.51. The Labute approximate surface area is 137 Å². The average Bonchev–Trinajstić information content (AvgIpc) is 2.50. The lowest BCUT2D eigenvalue weighted by molar-refractivity contribution is -0.131. The predicted molar refractivity (Wildman–Crippen MR) is 85.3 cm³/mol. The van der Waals surface area contributed by atoms with Crippen molar-refractivity contribution < 1.29 is 19.0 Å². The van der Waals surface area contributed by atoms with Gasteiger partial charge in [-0.2, -0.15) is 0 Å². The number of nitrogens with zero attached hydrogens (tertiary/aromatic N) is 1. The summed E-state index contributed by atoms with van der Waals surface area (Å²) in [6, 6.07) is 3.77. The molecule has 0 bridgehead atoms. The lowest BCUT2D eigenvalue weighted by Crippen LogP contribution is -2.38. The SMILES string of the molecule is CC(=O)Oc1ccc2c(c1I)OC(N1CCOCC1)=CC2. The van der Waals surface area contributed by atoms with Gasteiger partial charge in [0.2, 0.25) is 0 Å². The van der Waals surface area contributed by atoms with Gasteiger partial charge in [-0.15, -0.1) is 0 Å². The van der Waals surface area contributed by atoms with Crippen molar-refractivity contribution in [2.24, 2.45) is 0 Å². The second kappa shape index (κ2) is 6.23. The van der Waals surface area contributed by atoms with Crippen molar-refractivity contribution in [1.82, 2.24) is 4.90 Å². The number of carbonyl (C=O) groups is 1. The summed E-state index contributed by atoms with van der Waals surface area (Å²) in [7, 11) is 0. The molecule has 0 amide bonds. The highest BCUT2D eigenvalue weighted by Gasteiger charge is 2.23. The number of hydrogen-bond acceptors (Lipinski definition) is 5. The van der Waals surface area contributed by atoms with Crippen molar-refractivity contribution in [2.75, 3.05) is 26.3 Å². The Bertz CT molecular complexity index is 594. The third-order valence-corrected chi connectivity index (χ3v) is 4.44. The second-order valence-corrected chi connectivity index (χ2v) is 5.99. The van der Waals surface area contributed by atoms with Crippen molar-refractivity contribution in [3.8, 4) is 11.5 Å². The molecule has 0 radical (unpaired) electrons. The zero-order chi connectivity index (χ0) is 14.8. The van der Waals surface area contributed by atoms with E-state index in [0.29, 0.717) is 5.75 Å². The van der Waals surface area contributed by atoms with Gasteiger partial charge < -0.3 is 19.1 Å². The van der Waals surface area contributed by atoms with Gasteiger partial charge in [0.25, 0.3) is 0 Å². The van der Waals surface area contributed by atoms with Crippen LogP contribution >= 0.6 is 22.6 Å². The summed E-state index contributed by atoms with van der Waals surface area (Å²) < 4.78 is 17.5. The zero-order valence-electron chi connectivity index (χ0n) is 11.7. The molecule has 0 aromatic heterocycles. The van der Waals surface area contributed by atoms with Gasteiger partial charge in [0.15, 0.2) is 5.88 Å². The normalized spacial score (nSPS) is 17.6. The van der Waals surface area contributed by atoms with Crippen LogP contribution in [0.25, 0.3) is 0 Å². The fourth-order valence-electron chi connectivity index (χ4n) is 2.40. The maximum Gasteiger partial charge on any atom is 0.308 e. The molecule has 0 saturated carbocycles. The zero-order valence-corrected chi connectivity index (χ0v) is 13.9. The minimum atomic E-state index is -0.326. The molecule has 0 N–H and O–H groups in total. The molecule has 0 unspecified atom stereocenters. The molecule has 6 heteroatoms. The molecule has 1 fully saturated rings. The third-order valence-electron chi connectivity index (χ3n) is 3.42. The molecule has 112 valence electrons. The molecule has 1 saturated heterocycles. The monoisotopic (exact) mass is 401 g/mol. The highest BCUT2D eigenvalue weighted by molar-refractivity contribution is 14.1. The topological polar surface area (TPSA) is 48.0 Å². The quantitative estimate of drug-likeness (QED) is 0.433. The number of ether oxygens (including phenoxy) is 3. The molecule has 21 heavy (non-hydrogen) atoms. The molecule has 1 aromatic rings. The highest BCUT2D eigenvalue weighted by Crippen LogP contribution is 2.38. The molecule has 0 spiro atoms. The summed E-state index contributed by atoms with van der Waals surface area (Å²) in [6.07, 6.45) is 2.91. The van der Waals surface area contributed by atoms with Crippen molar-refractivity contribution in [3.05, 3.63) is 33.2 Å². The van der Waals surface area contributed by atoms with E-state index < -0.39 is 0 Å². The summed E-state index contributed by atoms with van der Waals surface area (Å²) in [5.41, 5.74) is 1.10. The van der Waals surface area contributed by atoms with Crippen LogP contribution in [0.4, 0.5) is 0 Å². The number of rotatable bonds is 2. The van der Waals surface area contributed by atoms with Crippen molar-refractivity contribution in [2.45, 2.75) is 13.3 Å². The first-order valence-corrected chi connectivity index (χ1v) is 7.93. The van der Waals surface area contributed by atoms with Gasteiger partial charge in [-0.1, -0.05) is 6.07 Å². The van der Waals surface area contributed by atoms with Crippen molar-refractivity contribution in [1.29, 1.82) is 0 Å². The largest absolute Gasteiger partial charge is 0.440 e. The highest BCUT2D eigenvalue weighted by atomic mass is 127. The van der Waals surface area contributed by atoms with E-state index in [0.717, 1.165) is 53.5 Å². The Morgan fingerprint density at radius 2 is 2.10 bits per heavy atom. The number of allylic oxidation sites excluding steroid dienone is 1. The number of morpholine rings is 1. The fraction of sp³-hybridized carbons (Fsp3) is 0.400. The van der Waals surface area contributed by atoms with Gasteiger partial charge >= 0.3 is 5.97 Å². The number of fused-ring (bicyclic) bond motifs is 1. The maximum absolute atomic E-state index is 11.1. The smallest absolute Gasteiger partial charge is 0.308 e. The second-order valence-electron chi connectivity index (χ2n) is 4.91. The summed E-state index contributed by atoms with van der Waals surface area (Å²) >= 11 is 2.17. The van der Waals surface area contributed by atoms with Crippen LogP contribution in [0.1, 0.15) is 12.5 Å².